The van der Waals surface area contributed by atoms with E-state index in [0.29, 0.717) is 24.1 Å². The Kier molecular flexibility index (Phi) is 8.16. The van der Waals surface area contributed by atoms with Crippen molar-refractivity contribution in [2.24, 2.45) is 11.8 Å². The number of fused-ring (bicyclic) bond motifs is 1. The topological polar surface area (TPSA) is 133 Å². The molecule has 1 aromatic carbocycles. The van der Waals surface area contributed by atoms with E-state index in [-0.39, 0.29) is 36.6 Å². The molecule has 0 spiro atoms. The molecule has 1 fully saturated rings. The largest absolute Gasteiger partial charge is 0.356 e. The van der Waals surface area contributed by atoms with E-state index in [1.165, 1.54) is 11.3 Å². The highest BCUT2D eigenvalue weighted by Gasteiger charge is 2.29. The number of thiophene rings is 1. The van der Waals surface area contributed by atoms with Crippen molar-refractivity contribution in [3.63, 3.8) is 0 Å². The number of hydrogen-bond donors (Lipinski definition) is 4. The van der Waals surface area contributed by atoms with Gasteiger partial charge >= 0.3 is 0 Å². The second kappa shape index (κ2) is 11.0. The van der Waals surface area contributed by atoms with Crippen LogP contribution < -0.4 is 21.3 Å². The lowest BCUT2D eigenvalue weighted by atomic mass is 9.99. The summed E-state index contributed by atoms with van der Waals surface area (Å²) in [5.74, 6) is -2.05. The summed E-state index contributed by atoms with van der Waals surface area (Å²) in [5, 5.41) is 11.4. The molecule has 176 valence electrons. The summed E-state index contributed by atoms with van der Waals surface area (Å²) in [7, 11) is 0. The van der Waals surface area contributed by atoms with E-state index in [2.05, 4.69) is 21.3 Å². The molecule has 1 aliphatic rings. The summed E-state index contributed by atoms with van der Waals surface area (Å²) in [4.78, 5) is 61.1. The molecule has 10 heteroatoms. The van der Waals surface area contributed by atoms with E-state index >= 15 is 0 Å². The van der Waals surface area contributed by atoms with Gasteiger partial charge in [-0.15, -0.1) is 11.3 Å². The van der Waals surface area contributed by atoms with Crippen LogP contribution in [0.25, 0.3) is 10.1 Å². The number of carbonyl (C=O) groups excluding carboxylic acids is 5. The molecule has 0 radical (unpaired) electrons. The minimum atomic E-state index is -0.834. The zero-order valence-corrected chi connectivity index (χ0v) is 19.4. The van der Waals surface area contributed by atoms with Crippen LogP contribution in [0.1, 0.15) is 36.4 Å². The van der Waals surface area contributed by atoms with Gasteiger partial charge in [0.05, 0.1) is 17.5 Å². The van der Waals surface area contributed by atoms with Crippen molar-refractivity contribution >= 4 is 51.3 Å². The monoisotopic (exact) mass is 472 g/mol. The van der Waals surface area contributed by atoms with Gasteiger partial charge in [0.1, 0.15) is 12.3 Å². The van der Waals surface area contributed by atoms with Crippen molar-refractivity contribution in [1.82, 2.24) is 21.3 Å². The number of amides is 4. The molecule has 3 atom stereocenters. The Labute approximate surface area is 195 Å². The van der Waals surface area contributed by atoms with Gasteiger partial charge in [-0.1, -0.05) is 32.0 Å². The minimum Gasteiger partial charge on any atom is -0.356 e. The molecule has 3 unspecified atom stereocenters. The van der Waals surface area contributed by atoms with Crippen LogP contribution in [0, 0.1) is 11.8 Å². The Hall–Kier alpha value is -3.27. The zero-order chi connectivity index (χ0) is 24.0. The Morgan fingerprint density at radius 1 is 1.21 bits per heavy atom. The second-order valence-electron chi connectivity index (χ2n) is 8.38. The van der Waals surface area contributed by atoms with Gasteiger partial charge in [0.25, 0.3) is 5.91 Å². The Balaban J connectivity index is 1.52. The molecule has 2 aromatic rings. The molecule has 1 saturated heterocycles. The van der Waals surface area contributed by atoms with E-state index < -0.39 is 23.9 Å². The Bertz CT molecular complexity index is 1020. The second-order valence-corrected chi connectivity index (χ2v) is 9.47. The fourth-order valence-electron chi connectivity index (χ4n) is 3.70. The first-order chi connectivity index (χ1) is 15.8. The van der Waals surface area contributed by atoms with Crippen LogP contribution in [0.15, 0.2) is 30.3 Å². The third kappa shape index (κ3) is 6.38. The molecule has 4 amide bonds. The first-order valence-electron chi connectivity index (χ1n) is 10.9. The quantitative estimate of drug-likeness (QED) is 0.383. The van der Waals surface area contributed by atoms with E-state index in [1.807, 2.05) is 24.3 Å². The maximum Gasteiger partial charge on any atom is 0.262 e. The molecule has 9 nitrogen and oxygen atoms in total. The minimum absolute atomic E-state index is 0.126. The smallest absolute Gasteiger partial charge is 0.262 e. The third-order valence-electron chi connectivity index (χ3n) is 5.52. The standard InChI is InChI=1S/C23H28N4O5S/c1-13(2)20(27-22(31)18-10-14-5-3-4-6-17(14)33-18)23(32)25-11-19(29)26-16(12-28)9-15-7-8-24-21(15)30/h3-6,10,12-13,15-16,20H,7-9,11H2,1-2H3,(H,24,30)(H,25,32)(H,26,29)(H,27,31). The third-order valence-corrected chi connectivity index (χ3v) is 6.64. The predicted molar refractivity (Wildman–Crippen MR) is 125 cm³/mol. The summed E-state index contributed by atoms with van der Waals surface area (Å²) in [6.45, 7) is 3.81. The van der Waals surface area contributed by atoms with Gasteiger partial charge in [0.15, 0.2) is 0 Å². The number of rotatable bonds is 10. The SMILES string of the molecule is CC(C)C(NC(=O)c1cc2ccccc2s1)C(=O)NCC(=O)NC(C=O)CC1CCNC1=O. The summed E-state index contributed by atoms with van der Waals surface area (Å²) in [6, 6.07) is 7.77. The van der Waals surface area contributed by atoms with Crippen LogP contribution in [-0.4, -0.2) is 55.1 Å². The van der Waals surface area contributed by atoms with Crippen molar-refractivity contribution in [1.29, 1.82) is 0 Å². The number of hydrogen-bond acceptors (Lipinski definition) is 6. The Morgan fingerprint density at radius 2 is 1.97 bits per heavy atom. The fourth-order valence-corrected chi connectivity index (χ4v) is 4.67. The van der Waals surface area contributed by atoms with E-state index in [1.54, 1.807) is 19.9 Å². The maximum absolute atomic E-state index is 12.7. The maximum atomic E-state index is 12.7. The molecule has 0 bridgehead atoms. The highest BCUT2D eigenvalue weighted by atomic mass is 32.1. The first kappa shape index (κ1) is 24.4. The van der Waals surface area contributed by atoms with E-state index in [9.17, 15) is 24.0 Å². The van der Waals surface area contributed by atoms with Crippen LogP contribution in [0.4, 0.5) is 0 Å². The lowest BCUT2D eigenvalue weighted by Gasteiger charge is -2.21. The number of nitrogens with one attached hydrogen (secondary N) is 4. The molecular formula is C23H28N4O5S. The predicted octanol–water partition coefficient (Wildman–Crippen LogP) is 0.982. The molecule has 33 heavy (non-hydrogen) atoms. The average Bonchev–Trinajstić information content (AvgIpc) is 3.41. The summed E-state index contributed by atoms with van der Waals surface area (Å²) >= 11 is 1.34. The van der Waals surface area contributed by atoms with Crippen LogP contribution in [-0.2, 0) is 19.2 Å². The number of benzene rings is 1. The van der Waals surface area contributed by atoms with Gasteiger partial charge in [-0.2, -0.15) is 0 Å². The number of aldehydes is 1. The van der Waals surface area contributed by atoms with Crippen molar-refractivity contribution in [2.45, 2.75) is 38.8 Å². The van der Waals surface area contributed by atoms with Crippen molar-refractivity contribution in [3.8, 4) is 0 Å². The molecule has 1 aliphatic heterocycles. The van der Waals surface area contributed by atoms with Crippen LogP contribution in [0.2, 0.25) is 0 Å². The fraction of sp³-hybridized carbons (Fsp3) is 0.435. The summed E-state index contributed by atoms with van der Waals surface area (Å²) < 4.78 is 0.977. The first-order valence-corrected chi connectivity index (χ1v) is 11.7. The van der Waals surface area contributed by atoms with Gasteiger partial charge in [0.2, 0.25) is 17.7 Å². The molecule has 4 N–H and O–H groups in total. The lowest BCUT2D eigenvalue weighted by Crippen LogP contribution is -2.52. The van der Waals surface area contributed by atoms with Gasteiger partial charge in [-0.25, -0.2) is 0 Å². The van der Waals surface area contributed by atoms with Crippen molar-refractivity contribution in [2.75, 3.05) is 13.1 Å². The highest BCUT2D eigenvalue weighted by Crippen LogP contribution is 2.25. The van der Waals surface area contributed by atoms with Crippen LogP contribution in [0.3, 0.4) is 0 Å². The van der Waals surface area contributed by atoms with Crippen LogP contribution >= 0.6 is 11.3 Å². The van der Waals surface area contributed by atoms with Gasteiger partial charge in [-0.3, -0.25) is 19.2 Å². The molecule has 0 saturated carbocycles. The molecule has 3 rings (SSSR count). The Morgan fingerprint density at radius 3 is 2.61 bits per heavy atom. The number of carbonyl (C=O) groups is 5. The lowest BCUT2D eigenvalue weighted by molar-refractivity contribution is -0.128. The van der Waals surface area contributed by atoms with Crippen LogP contribution in [0.5, 0.6) is 0 Å². The highest BCUT2D eigenvalue weighted by molar-refractivity contribution is 7.20. The molecule has 2 heterocycles. The van der Waals surface area contributed by atoms with Gasteiger partial charge < -0.3 is 26.1 Å². The van der Waals surface area contributed by atoms with Crippen molar-refractivity contribution in [3.05, 3.63) is 35.2 Å². The van der Waals surface area contributed by atoms with E-state index in [4.69, 9.17) is 0 Å². The molecular weight excluding hydrogens is 444 g/mol. The zero-order valence-electron chi connectivity index (χ0n) is 18.6. The normalized spacial score (nSPS) is 17.3. The summed E-state index contributed by atoms with van der Waals surface area (Å²) in [6.07, 6.45) is 1.42. The van der Waals surface area contributed by atoms with Gasteiger partial charge in [-0.05, 0) is 36.3 Å². The molecule has 1 aromatic heterocycles. The van der Waals surface area contributed by atoms with Crippen molar-refractivity contribution < 1.29 is 24.0 Å². The van der Waals surface area contributed by atoms with E-state index in [0.717, 1.165) is 10.1 Å². The molecule has 0 aliphatic carbocycles. The summed E-state index contributed by atoms with van der Waals surface area (Å²) in [5.41, 5.74) is 0. The average molecular weight is 473 g/mol. The van der Waals surface area contributed by atoms with Gasteiger partial charge in [0, 0.05) is 17.2 Å².